The highest BCUT2D eigenvalue weighted by Gasteiger charge is 2.19. The van der Waals surface area contributed by atoms with Crippen molar-refractivity contribution in [1.82, 2.24) is 0 Å². The Balaban J connectivity index is 1.96. The van der Waals surface area contributed by atoms with Crippen molar-refractivity contribution in [2.75, 3.05) is 11.6 Å². The molecule has 2 aromatic rings. The minimum Gasteiger partial charge on any atom is -0.449 e. The van der Waals surface area contributed by atoms with Gasteiger partial charge in [-0.05, 0) is 49.2 Å². The molecule has 0 aliphatic rings. The number of benzene rings is 2. The van der Waals surface area contributed by atoms with Crippen LogP contribution in [0, 0.1) is 6.92 Å². The van der Waals surface area contributed by atoms with Gasteiger partial charge in [-0.15, -0.1) is 0 Å². The Morgan fingerprint density at radius 3 is 2.35 bits per heavy atom. The first-order chi connectivity index (χ1) is 12.1. The summed E-state index contributed by atoms with van der Waals surface area (Å²) >= 11 is 0. The maximum absolute atomic E-state index is 12.1. The predicted molar refractivity (Wildman–Crippen MR) is 99.7 cm³/mol. The molecule has 2 aromatic carbocycles. The third-order valence-corrected chi connectivity index (χ3v) is 4.41. The van der Waals surface area contributed by atoms with Gasteiger partial charge in [0.25, 0.3) is 5.91 Å². The van der Waals surface area contributed by atoms with Gasteiger partial charge < -0.3 is 10.1 Å². The van der Waals surface area contributed by atoms with Crippen LogP contribution in [-0.2, 0) is 25.1 Å². The molecule has 0 aromatic heterocycles. The molecule has 1 amide bonds. The Kier molecular flexibility index (Phi) is 6.15. The van der Waals surface area contributed by atoms with E-state index in [9.17, 15) is 18.0 Å². The van der Waals surface area contributed by atoms with E-state index in [0.717, 1.165) is 11.8 Å². The number of nitrogens with one attached hydrogen (secondary N) is 1. The van der Waals surface area contributed by atoms with Gasteiger partial charge in [-0.2, -0.15) is 0 Å². The van der Waals surface area contributed by atoms with E-state index in [1.54, 1.807) is 18.2 Å². The van der Waals surface area contributed by atoms with Crippen molar-refractivity contribution in [3.63, 3.8) is 0 Å². The lowest BCUT2D eigenvalue weighted by molar-refractivity contribution is -0.123. The SMILES string of the molecule is Cc1cccc(NC(=O)[C@H](C)OC(=O)c2ccc(CS(C)(=O)=O)cc2)c1. The monoisotopic (exact) mass is 375 g/mol. The highest BCUT2D eigenvalue weighted by atomic mass is 32.2. The Morgan fingerprint density at radius 1 is 1.12 bits per heavy atom. The van der Waals surface area contributed by atoms with E-state index in [-0.39, 0.29) is 11.3 Å². The summed E-state index contributed by atoms with van der Waals surface area (Å²) in [5.74, 6) is -1.18. The minimum absolute atomic E-state index is 0.0996. The lowest BCUT2D eigenvalue weighted by Crippen LogP contribution is -2.30. The third kappa shape index (κ3) is 6.00. The topological polar surface area (TPSA) is 89.5 Å². The molecule has 0 aliphatic carbocycles. The molecule has 0 saturated heterocycles. The number of amides is 1. The maximum Gasteiger partial charge on any atom is 0.338 e. The maximum atomic E-state index is 12.1. The van der Waals surface area contributed by atoms with Crippen LogP contribution in [0.2, 0.25) is 0 Å². The quantitative estimate of drug-likeness (QED) is 0.784. The first-order valence-electron chi connectivity index (χ1n) is 7.99. The molecule has 0 heterocycles. The standard InChI is InChI=1S/C19H21NO5S/c1-13-5-4-6-17(11-13)20-18(21)14(2)25-19(22)16-9-7-15(8-10-16)12-26(3,23)24/h4-11,14H,12H2,1-3H3,(H,20,21)/t14-/m0/s1. The summed E-state index contributed by atoms with van der Waals surface area (Å²) < 4.78 is 27.7. The molecule has 0 bridgehead atoms. The summed E-state index contributed by atoms with van der Waals surface area (Å²) in [7, 11) is -3.14. The number of anilines is 1. The molecule has 0 fully saturated rings. The van der Waals surface area contributed by atoms with E-state index in [1.165, 1.54) is 19.1 Å². The van der Waals surface area contributed by atoms with Gasteiger partial charge in [0.2, 0.25) is 0 Å². The number of hydrogen-bond acceptors (Lipinski definition) is 5. The number of esters is 1. The second kappa shape index (κ2) is 8.14. The first-order valence-corrected chi connectivity index (χ1v) is 10.1. The zero-order valence-electron chi connectivity index (χ0n) is 14.9. The Bertz CT molecular complexity index is 904. The zero-order valence-corrected chi connectivity index (χ0v) is 15.7. The van der Waals surface area contributed by atoms with E-state index in [2.05, 4.69) is 5.32 Å². The fourth-order valence-electron chi connectivity index (χ4n) is 2.29. The van der Waals surface area contributed by atoms with Gasteiger partial charge in [0.1, 0.15) is 0 Å². The van der Waals surface area contributed by atoms with E-state index >= 15 is 0 Å². The molecule has 6 nitrogen and oxygen atoms in total. The summed E-state index contributed by atoms with van der Waals surface area (Å²) in [6, 6.07) is 13.4. The summed E-state index contributed by atoms with van der Waals surface area (Å²) in [5, 5.41) is 2.69. The van der Waals surface area contributed by atoms with Crippen LogP contribution in [-0.4, -0.2) is 32.7 Å². The van der Waals surface area contributed by atoms with Crippen LogP contribution in [0.1, 0.15) is 28.4 Å². The number of rotatable bonds is 6. The molecule has 0 aliphatic heterocycles. The van der Waals surface area contributed by atoms with E-state index in [1.807, 2.05) is 25.1 Å². The van der Waals surface area contributed by atoms with Crippen LogP contribution < -0.4 is 5.32 Å². The molecule has 1 atom stereocenters. The Morgan fingerprint density at radius 2 is 1.77 bits per heavy atom. The molecular weight excluding hydrogens is 354 g/mol. The van der Waals surface area contributed by atoms with Crippen molar-refractivity contribution in [2.24, 2.45) is 0 Å². The molecule has 26 heavy (non-hydrogen) atoms. The number of carbonyl (C=O) groups excluding carboxylic acids is 2. The number of sulfone groups is 1. The molecule has 7 heteroatoms. The van der Waals surface area contributed by atoms with Crippen molar-refractivity contribution in [1.29, 1.82) is 0 Å². The average molecular weight is 375 g/mol. The van der Waals surface area contributed by atoms with E-state index < -0.39 is 27.8 Å². The van der Waals surface area contributed by atoms with Crippen LogP contribution in [0.3, 0.4) is 0 Å². The van der Waals surface area contributed by atoms with Gasteiger partial charge in [-0.3, -0.25) is 4.79 Å². The second-order valence-corrected chi connectivity index (χ2v) is 8.31. The van der Waals surface area contributed by atoms with Crippen LogP contribution >= 0.6 is 0 Å². The van der Waals surface area contributed by atoms with Crippen LogP contribution in [0.25, 0.3) is 0 Å². The van der Waals surface area contributed by atoms with Crippen LogP contribution in [0.4, 0.5) is 5.69 Å². The lowest BCUT2D eigenvalue weighted by Gasteiger charge is -2.14. The second-order valence-electron chi connectivity index (χ2n) is 6.17. The minimum atomic E-state index is -3.14. The molecule has 0 spiro atoms. The average Bonchev–Trinajstić information content (AvgIpc) is 2.53. The summed E-state index contributed by atoms with van der Waals surface area (Å²) in [6.45, 7) is 3.40. The Hall–Kier alpha value is -2.67. The molecule has 2 rings (SSSR count). The van der Waals surface area contributed by atoms with Crippen LogP contribution in [0.15, 0.2) is 48.5 Å². The van der Waals surface area contributed by atoms with Crippen molar-refractivity contribution in [3.05, 3.63) is 65.2 Å². The zero-order chi connectivity index (χ0) is 19.3. The molecular formula is C19H21NO5S. The number of hydrogen-bond donors (Lipinski definition) is 1. The van der Waals surface area contributed by atoms with Crippen LogP contribution in [0.5, 0.6) is 0 Å². The van der Waals surface area contributed by atoms with Gasteiger partial charge in [-0.1, -0.05) is 24.3 Å². The van der Waals surface area contributed by atoms with E-state index in [4.69, 9.17) is 4.74 Å². The van der Waals surface area contributed by atoms with Gasteiger partial charge in [0.15, 0.2) is 15.9 Å². The number of carbonyl (C=O) groups is 2. The van der Waals surface area contributed by atoms with Crippen molar-refractivity contribution >= 4 is 27.4 Å². The summed E-state index contributed by atoms with van der Waals surface area (Å²) in [4.78, 5) is 24.3. The predicted octanol–water partition coefficient (Wildman–Crippen LogP) is 2.72. The summed E-state index contributed by atoms with van der Waals surface area (Å²) in [6.07, 6.45) is 0.169. The highest BCUT2D eigenvalue weighted by molar-refractivity contribution is 7.89. The van der Waals surface area contributed by atoms with Gasteiger partial charge in [0.05, 0.1) is 11.3 Å². The first kappa shape index (κ1) is 19.7. The molecule has 1 N–H and O–H groups in total. The fraction of sp³-hybridized carbons (Fsp3) is 0.263. The summed E-state index contributed by atoms with van der Waals surface area (Å²) in [5.41, 5.74) is 2.46. The fourth-order valence-corrected chi connectivity index (χ4v) is 3.09. The smallest absolute Gasteiger partial charge is 0.338 e. The molecule has 0 unspecified atom stereocenters. The van der Waals surface area contributed by atoms with Gasteiger partial charge in [0, 0.05) is 11.9 Å². The normalized spacial score (nSPS) is 12.3. The number of aryl methyl sites for hydroxylation is 1. The van der Waals surface area contributed by atoms with Gasteiger partial charge >= 0.3 is 5.97 Å². The van der Waals surface area contributed by atoms with Gasteiger partial charge in [-0.25, -0.2) is 13.2 Å². The lowest BCUT2D eigenvalue weighted by atomic mass is 10.1. The third-order valence-electron chi connectivity index (χ3n) is 3.56. The molecule has 0 saturated carbocycles. The largest absolute Gasteiger partial charge is 0.449 e. The highest BCUT2D eigenvalue weighted by Crippen LogP contribution is 2.12. The molecule has 0 radical (unpaired) electrons. The Labute approximate surface area is 153 Å². The number of ether oxygens (including phenoxy) is 1. The molecule has 138 valence electrons. The van der Waals surface area contributed by atoms with Crippen molar-refractivity contribution in [2.45, 2.75) is 25.7 Å². The van der Waals surface area contributed by atoms with E-state index in [0.29, 0.717) is 11.3 Å². The van der Waals surface area contributed by atoms with Crippen molar-refractivity contribution < 1.29 is 22.7 Å². The van der Waals surface area contributed by atoms with Crippen molar-refractivity contribution in [3.8, 4) is 0 Å².